The summed E-state index contributed by atoms with van der Waals surface area (Å²) in [6, 6.07) is 6.90. The summed E-state index contributed by atoms with van der Waals surface area (Å²) in [5.41, 5.74) is 0.756. The molecule has 0 bridgehead atoms. The molecule has 1 saturated heterocycles. The first-order valence-electron chi connectivity index (χ1n) is 7.35. The van der Waals surface area contributed by atoms with Gasteiger partial charge in [0.05, 0.1) is 6.04 Å². The van der Waals surface area contributed by atoms with Crippen molar-refractivity contribution in [2.75, 3.05) is 6.54 Å². The number of nitrogens with one attached hydrogen (secondary N) is 2. The molecule has 1 fully saturated rings. The molecule has 1 aliphatic rings. The number of benzene rings is 1. The van der Waals surface area contributed by atoms with E-state index in [1.54, 1.807) is 17.0 Å². The first-order chi connectivity index (χ1) is 10.3. The normalized spacial score (nSPS) is 18.5. The highest BCUT2D eigenvalue weighted by atomic mass is 35.5. The number of likely N-dealkylation sites (tertiary alicyclic amines) is 1. The quantitative estimate of drug-likeness (QED) is 0.898. The van der Waals surface area contributed by atoms with E-state index >= 15 is 0 Å². The summed E-state index contributed by atoms with van der Waals surface area (Å²) in [5, 5.41) is 6.31. The monoisotopic (exact) mass is 323 g/mol. The van der Waals surface area contributed by atoms with E-state index in [0.29, 0.717) is 24.5 Å². The highest BCUT2D eigenvalue weighted by Crippen LogP contribution is 2.21. The van der Waals surface area contributed by atoms with Crippen LogP contribution in [-0.4, -0.2) is 35.0 Å². The Balaban J connectivity index is 1.80. The molecule has 1 aromatic rings. The maximum atomic E-state index is 12.0. The second kappa shape index (κ2) is 6.57. The molecule has 0 spiro atoms. The molecule has 0 radical (unpaired) electrons. The predicted octanol–water partition coefficient (Wildman–Crippen LogP) is 2.54. The molecule has 5 nitrogen and oxygen atoms in total. The Morgan fingerprint density at radius 2 is 1.95 bits per heavy atom. The van der Waals surface area contributed by atoms with E-state index in [9.17, 15) is 9.59 Å². The average molecular weight is 324 g/mol. The van der Waals surface area contributed by atoms with Gasteiger partial charge in [-0.15, -0.1) is 0 Å². The minimum absolute atomic E-state index is 0.0792. The van der Waals surface area contributed by atoms with Crippen molar-refractivity contribution >= 4 is 23.5 Å². The molecule has 2 N–H and O–H groups in total. The van der Waals surface area contributed by atoms with Gasteiger partial charge in [0, 0.05) is 30.1 Å². The van der Waals surface area contributed by atoms with E-state index in [1.807, 2.05) is 32.9 Å². The molecule has 1 atom stereocenters. The van der Waals surface area contributed by atoms with Crippen LogP contribution >= 0.6 is 11.6 Å². The van der Waals surface area contributed by atoms with E-state index in [1.165, 1.54) is 0 Å². The zero-order valence-corrected chi connectivity index (χ0v) is 13.9. The molecule has 22 heavy (non-hydrogen) atoms. The van der Waals surface area contributed by atoms with Crippen LogP contribution in [0.5, 0.6) is 0 Å². The molecular formula is C16H22ClN3O2. The summed E-state index contributed by atoms with van der Waals surface area (Å²) in [5.74, 6) is 0.0792. The summed E-state index contributed by atoms with van der Waals surface area (Å²) in [6.07, 6.45) is 0.353. The topological polar surface area (TPSA) is 61.4 Å². The first-order valence-corrected chi connectivity index (χ1v) is 7.73. The summed E-state index contributed by atoms with van der Waals surface area (Å²) >= 11 is 5.82. The summed E-state index contributed by atoms with van der Waals surface area (Å²) in [7, 11) is 0. The maximum Gasteiger partial charge on any atom is 0.315 e. The number of hydrogen-bond acceptors (Lipinski definition) is 2. The zero-order valence-electron chi connectivity index (χ0n) is 13.1. The summed E-state index contributed by atoms with van der Waals surface area (Å²) in [4.78, 5) is 25.7. The van der Waals surface area contributed by atoms with Crippen LogP contribution in [0.3, 0.4) is 0 Å². The fourth-order valence-electron chi connectivity index (χ4n) is 2.47. The van der Waals surface area contributed by atoms with Crippen LogP contribution in [0, 0.1) is 0 Å². The van der Waals surface area contributed by atoms with Gasteiger partial charge in [-0.1, -0.05) is 23.7 Å². The Kier molecular flexibility index (Phi) is 4.96. The SMILES string of the molecule is CC(C)(C)N1CC(NC(=O)NCc2ccc(Cl)cc2)CC1=O. The fourth-order valence-corrected chi connectivity index (χ4v) is 2.60. The lowest BCUT2D eigenvalue weighted by molar-refractivity contribution is -0.131. The number of carbonyl (C=O) groups is 2. The van der Waals surface area contributed by atoms with Gasteiger partial charge in [0.25, 0.3) is 0 Å². The van der Waals surface area contributed by atoms with E-state index in [0.717, 1.165) is 5.56 Å². The van der Waals surface area contributed by atoms with Crippen molar-refractivity contribution in [3.63, 3.8) is 0 Å². The molecule has 1 heterocycles. The molecule has 6 heteroatoms. The number of urea groups is 1. The second-order valence-corrected chi connectivity index (χ2v) is 6.97. The smallest absolute Gasteiger partial charge is 0.315 e. The number of halogens is 1. The van der Waals surface area contributed by atoms with Crippen LogP contribution in [-0.2, 0) is 11.3 Å². The molecule has 1 aromatic carbocycles. The van der Waals surface area contributed by atoms with E-state index in [4.69, 9.17) is 11.6 Å². The van der Waals surface area contributed by atoms with Crippen molar-refractivity contribution in [1.82, 2.24) is 15.5 Å². The van der Waals surface area contributed by atoms with Gasteiger partial charge in [0.15, 0.2) is 0 Å². The van der Waals surface area contributed by atoms with E-state index < -0.39 is 0 Å². The molecule has 2 rings (SSSR count). The molecule has 3 amide bonds. The Hall–Kier alpha value is -1.75. The lowest BCUT2D eigenvalue weighted by Gasteiger charge is -2.32. The van der Waals surface area contributed by atoms with Crippen LogP contribution in [0.1, 0.15) is 32.8 Å². The Bertz CT molecular complexity index is 552. The second-order valence-electron chi connectivity index (χ2n) is 6.53. The number of carbonyl (C=O) groups excluding carboxylic acids is 2. The minimum Gasteiger partial charge on any atom is -0.336 e. The van der Waals surface area contributed by atoms with Crippen molar-refractivity contribution < 1.29 is 9.59 Å². The van der Waals surface area contributed by atoms with Crippen LogP contribution < -0.4 is 10.6 Å². The summed E-state index contributed by atoms with van der Waals surface area (Å²) < 4.78 is 0. The third-order valence-corrected chi connectivity index (χ3v) is 3.89. The van der Waals surface area contributed by atoms with Crippen LogP contribution in [0.4, 0.5) is 4.79 Å². The summed E-state index contributed by atoms with van der Waals surface area (Å²) in [6.45, 7) is 6.96. The van der Waals surface area contributed by atoms with Gasteiger partial charge in [0.2, 0.25) is 5.91 Å². The van der Waals surface area contributed by atoms with Gasteiger partial charge < -0.3 is 15.5 Å². The van der Waals surface area contributed by atoms with E-state index in [-0.39, 0.29) is 23.5 Å². The van der Waals surface area contributed by atoms with Gasteiger partial charge in [-0.05, 0) is 38.5 Å². The van der Waals surface area contributed by atoms with Gasteiger partial charge >= 0.3 is 6.03 Å². The van der Waals surface area contributed by atoms with Gasteiger partial charge in [-0.3, -0.25) is 4.79 Å². The first kappa shape index (κ1) is 16.6. The van der Waals surface area contributed by atoms with Crippen LogP contribution in [0.2, 0.25) is 5.02 Å². The Labute approximate surface area is 136 Å². The number of nitrogens with zero attached hydrogens (tertiary/aromatic N) is 1. The van der Waals surface area contributed by atoms with Crippen molar-refractivity contribution in [2.24, 2.45) is 0 Å². The number of rotatable bonds is 3. The Morgan fingerprint density at radius 3 is 2.50 bits per heavy atom. The average Bonchev–Trinajstić information content (AvgIpc) is 2.79. The predicted molar refractivity (Wildman–Crippen MR) is 86.7 cm³/mol. The molecule has 0 aliphatic carbocycles. The third kappa shape index (κ3) is 4.37. The van der Waals surface area contributed by atoms with Crippen LogP contribution in [0.15, 0.2) is 24.3 Å². The molecule has 0 aromatic heterocycles. The van der Waals surface area contributed by atoms with Crippen molar-refractivity contribution in [1.29, 1.82) is 0 Å². The van der Waals surface area contributed by atoms with E-state index in [2.05, 4.69) is 10.6 Å². The number of amides is 3. The number of hydrogen-bond donors (Lipinski definition) is 2. The lowest BCUT2D eigenvalue weighted by atomic mass is 10.1. The zero-order chi connectivity index (χ0) is 16.3. The van der Waals surface area contributed by atoms with Crippen molar-refractivity contribution in [2.45, 2.75) is 45.3 Å². The van der Waals surface area contributed by atoms with Crippen molar-refractivity contribution in [3.8, 4) is 0 Å². The highest BCUT2D eigenvalue weighted by molar-refractivity contribution is 6.30. The molecule has 1 aliphatic heterocycles. The molecular weight excluding hydrogens is 302 g/mol. The molecule has 1 unspecified atom stereocenters. The highest BCUT2D eigenvalue weighted by Gasteiger charge is 2.36. The van der Waals surface area contributed by atoms with Crippen LogP contribution in [0.25, 0.3) is 0 Å². The lowest BCUT2D eigenvalue weighted by Crippen LogP contribution is -2.46. The van der Waals surface area contributed by atoms with Gasteiger partial charge in [-0.25, -0.2) is 4.79 Å². The standard InChI is InChI=1S/C16H22ClN3O2/c1-16(2,3)20-10-13(8-14(20)21)19-15(22)18-9-11-4-6-12(17)7-5-11/h4-7,13H,8-10H2,1-3H3,(H2,18,19,22). The molecule has 120 valence electrons. The maximum absolute atomic E-state index is 12.0. The van der Waals surface area contributed by atoms with Crippen molar-refractivity contribution in [3.05, 3.63) is 34.9 Å². The third-order valence-electron chi connectivity index (χ3n) is 3.64. The van der Waals surface area contributed by atoms with Gasteiger partial charge in [0.1, 0.15) is 0 Å². The fraction of sp³-hybridized carbons (Fsp3) is 0.500. The van der Waals surface area contributed by atoms with Gasteiger partial charge in [-0.2, -0.15) is 0 Å². The molecule has 0 saturated carbocycles. The minimum atomic E-state index is -0.261. The largest absolute Gasteiger partial charge is 0.336 e. The Morgan fingerprint density at radius 1 is 1.32 bits per heavy atom.